The maximum absolute atomic E-state index is 12.8. The van der Waals surface area contributed by atoms with Gasteiger partial charge in [-0.1, -0.05) is 43.3 Å². The van der Waals surface area contributed by atoms with E-state index in [1.165, 1.54) is 13.2 Å². The Morgan fingerprint density at radius 3 is 2.34 bits per heavy atom. The molecule has 1 N–H and O–H groups in total. The maximum Gasteiger partial charge on any atom is 0.408 e. The molecule has 0 aliphatic rings. The molecule has 1 amide bonds. The first-order chi connectivity index (χ1) is 13.6. The van der Waals surface area contributed by atoms with Crippen LogP contribution in [-0.2, 0) is 25.5 Å². The van der Waals surface area contributed by atoms with Crippen LogP contribution in [0.5, 0.6) is 0 Å². The minimum Gasteiger partial charge on any atom is -0.466 e. The lowest BCUT2D eigenvalue weighted by molar-refractivity contribution is -0.135. The monoisotopic (exact) mass is 403 g/mol. The number of methoxy groups -OCH3 is 1. The number of hydrogen-bond acceptors (Lipinski definition) is 5. The second-order valence-electron chi connectivity index (χ2n) is 7.94. The number of nitrogens with one attached hydrogen (secondary N) is 1. The number of esters is 1. The van der Waals surface area contributed by atoms with E-state index in [1.54, 1.807) is 26.8 Å². The van der Waals surface area contributed by atoms with E-state index in [-0.39, 0.29) is 18.1 Å². The molecule has 0 aromatic heterocycles. The van der Waals surface area contributed by atoms with E-state index >= 15 is 0 Å². The van der Waals surface area contributed by atoms with Crippen molar-refractivity contribution in [2.45, 2.75) is 65.0 Å². The molecule has 0 saturated carbocycles. The van der Waals surface area contributed by atoms with Crippen molar-refractivity contribution in [2.75, 3.05) is 7.11 Å². The van der Waals surface area contributed by atoms with E-state index in [4.69, 9.17) is 4.74 Å². The van der Waals surface area contributed by atoms with E-state index in [9.17, 15) is 14.4 Å². The summed E-state index contributed by atoms with van der Waals surface area (Å²) in [5, 5.41) is 2.65. The van der Waals surface area contributed by atoms with Crippen LogP contribution in [0.15, 0.2) is 42.5 Å². The van der Waals surface area contributed by atoms with Crippen LogP contribution in [0.25, 0.3) is 0 Å². The average molecular weight is 404 g/mol. The summed E-state index contributed by atoms with van der Waals surface area (Å²) < 4.78 is 9.90. The molecule has 1 rings (SSSR count). The number of ether oxygens (including phenoxy) is 2. The standard InChI is InChI=1S/C23H33NO5/c1-6-19(24-22(27)29-23(2,3)4)20(25)16-18(14-15-21(26)28-5)13-12-17-10-8-7-9-11-17/h7-11,14-15,18-19H,6,12-13,16H2,1-5H3,(H,24,27)/b15-14+/t18-,19-/m0/s1. The normalized spacial score (nSPS) is 13.6. The predicted octanol–water partition coefficient (Wildman–Crippen LogP) is 4.23. The van der Waals surface area contributed by atoms with Crippen molar-refractivity contribution in [1.82, 2.24) is 5.32 Å². The van der Waals surface area contributed by atoms with E-state index in [0.717, 1.165) is 12.0 Å². The summed E-state index contributed by atoms with van der Waals surface area (Å²) in [6.45, 7) is 7.15. The Bertz CT molecular complexity index is 691. The Morgan fingerprint density at radius 1 is 1.14 bits per heavy atom. The van der Waals surface area contributed by atoms with Gasteiger partial charge in [-0.15, -0.1) is 0 Å². The van der Waals surface area contributed by atoms with Gasteiger partial charge in [0.25, 0.3) is 0 Å². The summed E-state index contributed by atoms with van der Waals surface area (Å²) in [6, 6.07) is 9.32. The SMILES string of the molecule is CC[C@H](NC(=O)OC(C)(C)C)C(=O)C[C@H](/C=C/C(=O)OC)CCc1ccccc1. The van der Waals surface area contributed by atoms with E-state index in [0.29, 0.717) is 12.8 Å². The minimum atomic E-state index is -0.632. The molecule has 0 aliphatic carbocycles. The zero-order chi connectivity index (χ0) is 21.9. The molecule has 0 spiro atoms. The summed E-state index contributed by atoms with van der Waals surface area (Å²) in [6.07, 6.45) is 4.62. The summed E-state index contributed by atoms with van der Waals surface area (Å²) in [5.74, 6) is -0.691. The molecule has 2 atom stereocenters. The number of rotatable bonds is 10. The van der Waals surface area contributed by atoms with Gasteiger partial charge in [-0.05, 0) is 51.5 Å². The molecule has 6 nitrogen and oxygen atoms in total. The van der Waals surface area contributed by atoms with Crippen LogP contribution >= 0.6 is 0 Å². The lowest BCUT2D eigenvalue weighted by Crippen LogP contribution is -2.43. The lowest BCUT2D eigenvalue weighted by atomic mass is 9.91. The molecule has 0 bridgehead atoms. The number of hydrogen-bond donors (Lipinski definition) is 1. The van der Waals surface area contributed by atoms with Crippen molar-refractivity contribution in [2.24, 2.45) is 5.92 Å². The highest BCUT2D eigenvalue weighted by Crippen LogP contribution is 2.18. The van der Waals surface area contributed by atoms with Crippen LogP contribution in [0.3, 0.4) is 0 Å². The Hall–Kier alpha value is -2.63. The number of allylic oxidation sites excluding steroid dienone is 1. The largest absolute Gasteiger partial charge is 0.466 e. The third-order valence-corrected chi connectivity index (χ3v) is 4.30. The van der Waals surface area contributed by atoms with Crippen LogP contribution < -0.4 is 5.32 Å². The first kappa shape index (κ1) is 24.4. The molecule has 6 heteroatoms. The molecule has 0 unspecified atom stereocenters. The van der Waals surface area contributed by atoms with Gasteiger partial charge in [0.1, 0.15) is 5.60 Å². The highest BCUT2D eigenvalue weighted by Gasteiger charge is 2.24. The number of benzene rings is 1. The lowest BCUT2D eigenvalue weighted by Gasteiger charge is -2.23. The van der Waals surface area contributed by atoms with Gasteiger partial charge in [-0.2, -0.15) is 0 Å². The molecular weight excluding hydrogens is 370 g/mol. The Kier molecular flexibility index (Phi) is 10.1. The second-order valence-corrected chi connectivity index (χ2v) is 7.94. The van der Waals surface area contributed by atoms with Crippen LogP contribution in [0.1, 0.15) is 52.5 Å². The maximum atomic E-state index is 12.8. The van der Waals surface area contributed by atoms with Gasteiger partial charge in [-0.3, -0.25) is 4.79 Å². The van der Waals surface area contributed by atoms with Crippen LogP contribution in [0.2, 0.25) is 0 Å². The van der Waals surface area contributed by atoms with Crippen molar-refractivity contribution in [3.8, 4) is 0 Å². The van der Waals surface area contributed by atoms with Crippen LogP contribution in [0.4, 0.5) is 4.79 Å². The van der Waals surface area contributed by atoms with Gasteiger partial charge in [-0.25, -0.2) is 9.59 Å². The fourth-order valence-electron chi connectivity index (χ4n) is 2.81. The summed E-state index contributed by atoms with van der Waals surface area (Å²) in [5.41, 5.74) is 0.530. The molecule has 0 fully saturated rings. The van der Waals surface area contributed by atoms with Crippen molar-refractivity contribution < 1.29 is 23.9 Å². The van der Waals surface area contributed by atoms with E-state index in [2.05, 4.69) is 10.1 Å². The highest BCUT2D eigenvalue weighted by atomic mass is 16.6. The van der Waals surface area contributed by atoms with Gasteiger partial charge < -0.3 is 14.8 Å². The Balaban J connectivity index is 2.77. The topological polar surface area (TPSA) is 81.7 Å². The molecule has 1 aromatic rings. The van der Waals surface area contributed by atoms with Gasteiger partial charge in [0.05, 0.1) is 13.2 Å². The molecule has 29 heavy (non-hydrogen) atoms. The summed E-state index contributed by atoms with van der Waals surface area (Å²) in [7, 11) is 1.31. The molecule has 160 valence electrons. The molecule has 1 aromatic carbocycles. The number of carbonyl (C=O) groups excluding carboxylic acids is 3. The highest BCUT2D eigenvalue weighted by molar-refractivity contribution is 5.88. The first-order valence-electron chi connectivity index (χ1n) is 9.97. The zero-order valence-corrected chi connectivity index (χ0v) is 18.1. The summed E-state index contributed by atoms with van der Waals surface area (Å²) >= 11 is 0. The number of aryl methyl sites for hydroxylation is 1. The first-order valence-corrected chi connectivity index (χ1v) is 9.97. The van der Waals surface area contributed by atoms with Gasteiger partial charge in [0, 0.05) is 12.5 Å². The molecule has 0 aliphatic heterocycles. The quantitative estimate of drug-likeness (QED) is 0.467. The zero-order valence-electron chi connectivity index (χ0n) is 18.1. The number of Topliss-reactive ketones (excluding diaryl/α,β-unsaturated/α-hetero) is 1. The molecule has 0 radical (unpaired) electrons. The van der Waals surface area contributed by atoms with Gasteiger partial charge >= 0.3 is 12.1 Å². The Morgan fingerprint density at radius 2 is 1.79 bits per heavy atom. The van der Waals surface area contributed by atoms with E-state index in [1.807, 2.05) is 37.3 Å². The smallest absolute Gasteiger partial charge is 0.408 e. The third-order valence-electron chi connectivity index (χ3n) is 4.30. The fraction of sp³-hybridized carbons (Fsp3) is 0.522. The second kappa shape index (κ2) is 12.0. The van der Waals surface area contributed by atoms with Crippen molar-refractivity contribution in [3.63, 3.8) is 0 Å². The molecular formula is C23H33NO5. The third kappa shape index (κ3) is 10.5. The van der Waals surface area contributed by atoms with Gasteiger partial charge in [0.2, 0.25) is 0 Å². The predicted molar refractivity (Wildman–Crippen MR) is 112 cm³/mol. The number of ketones is 1. The average Bonchev–Trinajstić information content (AvgIpc) is 2.67. The van der Waals surface area contributed by atoms with Crippen molar-refractivity contribution in [3.05, 3.63) is 48.0 Å². The number of amides is 1. The number of carbonyl (C=O) groups is 3. The van der Waals surface area contributed by atoms with E-state index < -0.39 is 23.7 Å². The summed E-state index contributed by atoms with van der Waals surface area (Å²) in [4.78, 5) is 36.3. The molecule has 0 heterocycles. The molecule has 0 saturated heterocycles. The van der Waals surface area contributed by atoms with Crippen molar-refractivity contribution >= 4 is 17.8 Å². The minimum absolute atomic E-state index is 0.0917. The van der Waals surface area contributed by atoms with Crippen LogP contribution in [-0.4, -0.2) is 36.6 Å². The number of alkyl carbamates (subject to hydrolysis) is 1. The van der Waals surface area contributed by atoms with Gasteiger partial charge in [0.15, 0.2) is 5.78 Å². The Labute approximate surface area is 173 Å². The van der Waals surface area contributed by atoms with Crippen LogP contribution in [0, 0.1) is 5.92 Å². The van der Waals surface area contributed by atoms with Crippen molar-refractivity contribution in [1.29, 1.82) is 0 Å². The fourth-order valence-corrected chi connectivity index (χ4v) is 2.81.